The van der Waals surface area contributed by atoms with Crippen LogP contribution in [0.2, 0.25) is 0 Å². The number of hydrogen-bond acceptors (Lipinski definition) is 6. The van der Waals surface area contributed by atoms with E-state index >= 15 is 0 Å². The predicted octanol–water partition coefficient (Wildman–Crippen LogP) is 5.48. The molecule has 2 N–H and O–H groups in total. The quantitative estimate of drug-likeness (QED) is 0.532. The van der Waals surface area contributed by atoms with Crippen molar-refractivity contribution in [3.05, 3.63) is 80.3 Å². The summed E-state index contributed by atoms with van der Waals surface area (Å²) in [4.78, 5) is 18.1. The van der Waals surface area contributed by atoms with Crippen LogP contribution in [-0.4, -0.2) is 15.9 Å². The lowest BCUT2D eigenvalue weighted by Crippen LogP contribution is -2.17. The van der Waals surface area contributed by atoms with Gasteiger partial charge in [0.05, 0.1) is 11.4 Å². The highest BCUT2D eigenvalue weighted by atomic mass is 79.9. The number of rotatable bonds is 2. The Morgan fingerprint density at radius 3 is 2.71 bits per heavy atom. The van der Waals surface area contributed by atoms with Gasteiger partial charge in [-0.2, -0.15) is 0 Å². The first-order chi connectivity index (χ1) is 13.4. The second-order valence-electron chi connectivity index (χ2n) is 6.44. The minimum absolute atomic E-state index is 0.0578. The molecule has 0 bridgehead atoms. The van der Waals surface area contributed by atoms with Crippen LogP contribution in [0.1, 0.15) is 28.6 Å². The molecule has 2 aromatic carbocycles. The van der Waals surface area contributed by atoms with Crippen molar-refractivity contribution in [2.75, 3.05) is 0 Å². The zero-order valence-electron chi connectivity index (χ0n) is 14.8. The van der Waals surface area contributed by atoms with Crippen LogP contribution in [0.3, 0.4) is 0 Å². The van der Waals surface area contributed by atoms with Gasteiger partial charge in [-0.05, 0) is 37.3 Å². The molecule has 0 fully saturated rings. The van der Waals surface area contributed by atoms with Gasteiger partial charge in [0.2, 0.25) is 0 Å². The third-order valence-electron chi connectivity index (χ3n) is 4.45. The monoisotopic (exact) mass is 457 g/mol. The van der Waals surface area contributed by atoms with Gasteiger partial charge < -0.3 is 14.6 Å². The summed E-state index contributed by atoms with van der Waals surface area (Å²) in [6.45, 7) is 1.60. The lowest BCUT2D eigenvalue weighted by Gasteiger charge is -2.17. The van der Waals surface area contributed by atoms with E-state index in [2.05, 4.69) is 20.9 Å². The van der Waals surface area contributed by atoms with Gasteiger partial charge in [0.15, 0.2) is 0 Å². The standard InChI is InChI=1S/C21H16BrNO4S/c1-11-8-17(25)20(21(26)27-11)15-10-19(13-9-12(22)6-7-16(13)24)28-18-5-3-2-4-14(18)23-15/h2-9,19,24-25H,10H2,1H3/t19-/m1/s1. The van der Waals surface area contributed by atoms with Crippen molar-refractivity contribution in [3.63, 3.8) is 0 Å². The lowest BCUT2D eigenvalue weighted by atomic mass is 10.0. The van der Waals surface area contributed by atoms with E-state index in [-0.39, 0.29) is 22.3 Å². The summed E-state index contributed by atoms with van der Waals surface area (Å²) in [5, 5.41) is 20.6. The molecule has 1 aromatic heterocycles. The van der Waals surface area contributed by atoms with Gasteiger partial charge in [-0.25, -0.2) is 4.79 Å². The van der Waals surface area contributed by atoms with Crippen LogP contribution in [-0.2, 0) is 0 Å². The Kier molecular flexibility index (Phi) is 5.03. The molecule has 5 nitrogen and oxygen atoms in total. The first kappa shape index (κ1) is 18.8. The molecule has 28 heavy (non-hydrogen) atoms. The number of phenols is 1. The lowest BCUT2D eigenvalue weighted by molar-refractivity contribution is 0.432. The number of para-hydroxylation sites is 1. The molecular formula is C21H16BrNO4S. The van der Waals surface area contributed by atoms with Gasteiger partial charge in [0.1, 0.15) is 22.8 Å². The number of aryl methyl sites for hydroxylation is 1. The van der Waals surface area contributed by atoms with Gasteiger partial charge in [-0.1, -0.05) is 28.1 Å². The van der Waals surface area contributed by atoms with Crippen molar-refractivity contribution in [2.45, 2.75) is 23.5 Å². The molecular weight excluding hydrogens is 442 g/mol. The largest absolute Gasteiger partial charge is 0.508 e. The Morgan fingerprint density at radius 2 is 1.93 bits per heavy atom. The summed E-state index contributed by atoms with van der Waals surface area (Å²) in [5.74, 6) is 0.338. The van der Waals surface area contributed by atoms with Crippen LogP contribution in [0.5, 0.6) is 11.5 Å². The van der Waals surface area contributed by atoms with E-state index in [1.807, 2.05) is 30.3 Å². The third kappa shape index (κ3) is 3.59. The maximum absolute atomic E-state index is 12.5. The Bertz CT molecular complexity index is 1160. The van der Waals surface area contributed by atoms with Crippen molar-refractivity contribution in [1.29, 1.82) is 0 Å². The molecule has 0 saturated heterocycles. The highest BCUT2D eigenvalue weighted by molar-refractivity contribution is 9.10. The van der Waals surface area contributed by atoms with Gasteiger partial charge in [0, 0.05) is 32.7 Å². The van der Waals surface area contributed by atoms with Crippen LogP contribution in [0, 0.1) is 6.92 Å². The number of hydrogen-bond donors (Lipinski definition) is 2. The van der Waals surface area contributed by atoms with E-state index in [9.17, 15) is 15.0 Å². The van der Waals surface area contributed by atoms with Crippen molar-refractivity contribution in [3.8, 4) is 11.5 Å². The molecule has 1 aliphatic heterocycles. The maximum Gasteiger partial charge on any atom is 0.348 e. The van der Waals surface area contributed by atoms with E-state index in [0.717, 1.165) is 14.9 Å². The average Bonchev–Trinajstić information content (AvgIpc) is 2.82. The van der Waals surface area contributed by atoms with E-state index in [1.54, 1.807) is 30.8 Å². The Hall–Kier alpha value is -2.51. The Morgan fingerprint density at radius 1 is 1.14 bits per heavy atom. The van der Waals surface area contributed by atoms with Crippen molar-refractivity contribution in [2.24, 2.45) is 4.99 Å². The molecule has 0 aliphatic carbocycles. The predicted molar refractivity (Wildman–Crippen MR) is 113 cm³/mol. The van der Waals surface area contributed by atoms with Crippen LogP contribution in [0.15, 0.2) is 72.1 Å². The molecule has 142 valence electrons. The number of nitrogens with zero attached hydrogens (tertiary/aromatic N) is 1. The Labute approximate surface area is 173 Å². The minimum Gasteiger partial charge on any atom is -0.508 e. The summed E-state index contributed by atoms with van der Waals surface area (Å²) >= 11 is 5.01. The average molecular weight is 458 g/mol. The van der Waals surface area contributed by atoms with E-state index in [0.29, 0.717) is 23.6 Å². The van der Waals surface area contributed by atoms with E-state index in [1.165, 1.54) is 6.07 Å². The molecule has 0 saturated carbocycles. The fourth-order valence-corrected chi connectivity index (χ4v) is 4.82. The summed E-state index contributed by atoms with van der Waals surface area (Å²) in [6.07, 6.45) is 0.338. The fraction of sp³-hybridized carbons (Fsp3) is 0.143. The molecule has 2 heterocycles. The number of aliphatic imine (C=N–C) groups is 1. The first-order valence-corrected chi connectivity index (χ1v) is 10.3. The molecule has 3 aromatic rings. The fourth-order valence-electron chi connectivity index (χ4n) is 3.19. The summed E-state index contributed by atoms with van der Waals surface area (Å²) < 4.78 is 6.04. The van der Waals surface area contributed by atoms with Crippen molar-refractivity contribution in [1.82, 2.24) is 0 Å². The van der Waals surface area contributed by atoms with E-state index < -0.39 is 5.63 Å². The zero-order valence-corrected chi connectivity index (χ0v) is 17.3. The topological polar surface area (TPSA) is 83.0 Å². The normalized spacial score (nSPS) is 16.2. The van der Waals surface area contributed by atoms with Crippen LogP contribution < -0.4 is 5.63 Å². The number of aromatic hydroxyl groups is 2. The van der Waals surface area contributed by atoms with Gasteiger partial charge in [-0.15, -0.1) is 11.8 Å². The van der Waals surface area contributed by atoms with Gasteiger partial charge in [-0.3, -0.25) is 4.99 Å². The first-order valence-electron chi connectivity index (χ1n) is 8.58. The number of benzene rings is 2. The molecule has 1 atom stereocenters. The van der Waals surface area contributed by atoms with Gasteiger partial charge >= 0.3 is 5.63 Å². The second kappa shape index (κ2) is 7.48. The smallest absolute Gasteiger partial charge is 0.348 e. The number of phenolic OH excluding ortho intramolecular Hbond substituents is 1. The van der Waals surface area contributed by atoms with Gasteiger partial charge in [0.25, 0.3) is 0 Å². The van der Waals surface area contributed by atoms with Crippen molar-refractivity contribution >= 4 is 39.1 Å². The minimum atomic E-state index is -0.627. The van der Waals surface area contributed by atoms with Crippen molar-refractivity contribution < 1.29 is 14.6 Å². The molecule has 0 radical (unpaired) electrons. The molecule has 4 rings (SSSR count). The summed E-state index contributed by atoms with van der Waals surface area (Å²) in [7, 11) is 0. The zero-order chi connectivity index (χ0) is 19.8. The third-order valence-corrected chi connectivity index (χ3v) is 6.25. The number of thioether (sulfide) groups is 1. The molecule has 1 aliphatic rings. The molecule has 7 heteroatoms. The van der Waals surface area contributed by atoms with Crippen LogP contribution in [0.25, 0.3) is 0 Å². The summed E-state index contributed by atoms with van der Waals surface area (Å²) in [5.41, 5.74) is 1.28. The maximum atomic E-state index is 12.5. The molecule has 0 unspecified atom stereocenters. The number of fused-ring (bicyclic) bond motifs is 1. The summed E-state index contributed by atoms with van der Waals surface area (Å²) in [6, 6.07) is 14.3. The Balaban J connectivity index is 1.90. The highest BCUT2D eigenvalue weighted by Crippen LogP contribution is 2.48. The van der Waals surface area contributed by atoms with Crippen LogP contribution >= 0.6 is 27.7 Å². The van der Waals surface area contributed by atoms with Crippen LogP contribution in [0.4, 0.5) is 5.69 Å². The molecule has 0 spiro atoms. The highest BCUT2D eigenvalue weighted by Gasteiger charge is 2.27. The second-order valence-corrected chi connectivity index (χ2v) is 8.60. The number of halogens is 1. The van der Waals surface area contributed by atoms with E-state index in [4.69, 9.17) is 4.42 Å². The SMILES string of the molecule is Cc1cc(O)c(C2=Nc3ccccc3S[C@@H](c3cc(Br)ccc3O)C2)c(=O)o1. The molecule has 0 amide bonds.